The van der Waals surface area contributed by atoms with Crippen LogP contribution in [0.3, 0.4) is 0 Å². The zero-order valence-electron chi connectivity index (χ0n) is 10.6. The molecule has 0 aliphatic rings. The fourth-order valence-corrected chi connectivity index (χ4v) is 4.24. The van der Waals surface area contributed by atoms with Crippen LogP contribution in [0.5, 0.6) is 0 Å². The summed E-state index contributed by atoms with van der Waals surface area (Å²) in [6.07, 6.45) is 3.90. The second-order valence-corrected chi connectivity index (χ2v) is 7.34. The number of hydrogen-bond acceptors (Lipinski definition) is 4. The van der Waals surface area contributed by atoms with E-state index in [0.29, 0.717) is 22.8 Å². The van der Waals surface area contributed by atoms with Crippen LogP contribution in [0.4, 0.5) is 0 Å². The summed E-state index contributed by atoms with van der Waals surface area (Å²) in [7, 11) is -3.35. The Morgan fingerprint density at radius 3 is 2.53 bits per heavy atom. The summed E-state index contributed by atoms with van der Waals surface area (Å²) in [6, 6.07) is 3.28. The molecule has 0 atom stereocenters. The van der Waals surface area contributed by atoms with Crippen molar-refractivity contribution in [2.75, 3.05) is 12.5 Å². The van der Waals surface area contributed by atoms with Gasteiger partial charge in [0, 0.05) is 17.6 Å². The van der Waals surface area contributed by atoms with Crippen LogP contribution in [0.25, 0.3) is 0 Å². The summed E-state index contributed by atoms with van der Waals surface area (Å²) in [5, 5.41) is 8.98. The van der Waals surface area contributed by atoms with Gasteiger partial charge >= 0.3 is 5.97 Å². The van der Waals surface area contributed by atoms with Gasteiger partial charge in [-0.3, -0.25) is 4.79 Å². The Hall–Kier alpha value is -0.720. The number of rotatable bonds is 6. The number of sulfone groups is 1. The summed E-state index contributed by atoms with van der Waals surface area (Å²) in [6.45, 7) is 0. The summed E-state index contributed by atoms with van der Waals surface area (Å²) >= 11 is 7.36. The molecule has 106 valence electrons. The summed E-state index contributed by atoms with van der Waals surface area (Å²) < 4.78 is 23.5. The average Bonchev–Trinajstić information content (AvgIpc) is 2.26. The largest absolute Gasteiger partial charge is 0.481 e. The minimum absolute atomic E-state index is 0.0517. The second kappa shape index (κ2) is 6.63. The third kappa shape index (κ3) is 4.71. The standard InChI is InChI=1S/C12H15ClO4S2/c1-18-12-9(13)6-8(4-3-5-11(14)15)7-10(12)19(2,16)17/h6-7H,3-5H2,1-2H3,(H,14,15). The number of carbonyl (C=O) groups is 1. The van der Waals surface area contributed by atoms with E-state index in [4.69, 9.17) is 16.7 Å². The van der Waals surface area contributed by atoms with Gasteiger partial charge in [0.2, 0.25) is 0 Å². The van der Waals surface area contributed by atoms with E-state index in [2.05, 4.69) is 0 Å². The molecule has 0 heterocycles. The molecule has 1 aromatic carbocycles. The normalized spacial score (nSPS) is 11.5. The molecule has 0 saturated carbocycles. The van der Waals surface area contributed by atoms with Gasteiger partial charge in [0.05, 0.1) is 9.92 Å². The maximum Gasteiger partial charge on any atom is 0.303 e. The van der Waals surface area contributed by atoms with Crippen LogP contribution >= 0.6 is 23.4 Å². The molecule has 0 saturated heterocycles. The van der Waals surface area contributed by atoms with Crippen molar-refractivity contribution in [2.45, 2.75) is 29.1 Å². The molecular formula is C12H15ClO4S2. The Morgan fingerprint density at radius 1 is 1.42 bits per heavy atom. The highest BCUT2D eigenvalue weighted by atomic mass is 35.5. The predicted molar refractivity (Wildman–Crippen MR) is 76.9 cm³/mol. The SMILES string of the molecule is CSc1c(Cl)cc(CCCC(=O)O)cc1S(C)(=O)=O. The average molecular weight is 323 g/mol. The van der Waals surface area contributed by atoms with Gasteiger partial charge < -0.3 is 5.11 Å². The van der Waals surface area contributed by atoms with Gasteiger partial charge in [-0.05, 0) is 36.8 Å². The van der Waals surface area contributed by atoms with Crippen molar-refractivity contribution >= 4 is 39.2 Å². The second-order valence-electron chi connectivity index (χ2n) is 4.13. The van der Waals surface area contributed by atoms with E-state index in [1.54, 1.807) is 18.4 Å². The summed E-state index contributed by atoms with van der Waals surface area (Å²) in [5.74, 6) is -0.866. The third-order valence-electron chi connectivity index (χ3n) is 2.53. The van der Waals surface area contributed by atoms with E-state index in [-0.39, 0.29) is 11.3 Å². The monoisotopic (exact) mass is 322 g/mol. The Balaban J connectivity index is 3.10. The van der Waals surface area contributed by atoms with Gasteiger partial charge in [-0.1, -0.05) is 11.6 Å². The first-order chi connectivity index (χ1) is 8.75. The number of halogens is 1. The lowest BCUT2D eigenvalue weighted by Crippen LogP contribution is -2.02. The molecule has 1 N–H and O–H groups in total. The van der Waals surface area contributed by atoms with Gasteiger partial charge in [-0.25, -0.2) is 8.42 Å². The van der Waals surface area contributed by atoms with Gasteiger partial charge in [-0.15, -0.1) is 11.8 Å². The van der Waals surface area contributed by atoms with E-state index < -0.39 is 15.8 Å². The fourth-order valence-electron chi connectivity index (χ4n) is 1.68. The first-order valence-electron chi connectivity index (χ1n) is 5.54. The number of aryl methyl sites for hydroxylation is 1. The number of carboxylic acids is 1. The van der Waals surface area contributed by atoms with Crippen LogP contribution in [0.2, 0.25) is 5.02 Å². The Kier molecular flexibility index (Phi) is 5.70. The van der Waals surface area contributed by atoms with Gasteiger partial charge in [0.1, 0.15) is 0 Å². The third-order valence-corrected chi connectivity index (χ3v) is 5.04. The van der Waals surface area contributed by atoms with Gasteiger partial charge in [0.25, 0.3) is 0 Å². The van der Waals surface area contributed by atoms with E-state index in [1.807, 2.05) is 0 Å². The summed E-state index contributed by atoms with van der Waals surface area (Å²) in [4.78, 5) is 11.2. The van der Waals surface area contributed by atoms with Crippen molar-refractivity contribution < 1.29 is 18.3 Å². The van der Waals surface area contributed by atoms with Crippen LogP contribution in [-0.2, 0) is 21.1 Å². The minimum Gasteiger partial charge on any atom is -0.481 e. The molecule has 0 aromatic heterocycles. The molecule has 0 fully saturated rings. The zero-order valence-corrected chi connectivity index (χ0v) is 13.0. The number of hydrogen-bond donors (Lipinski definition) is 1. The molecule has 0 aliphatic carbocycles. The zero-order chi connectivity index (χ0) is 14.6. The number of carboxylic acid groups (broad SMARTS) is 1. The minimum atomic E-state index is -3.35. The van der Waals surface area contributed by atoms with Crippen molar-refractivity contribution in [3.63, 3.8) is 0 Å². The van der Waals surface area contributed by atoms with Crippen LogP contribution in [0.1, 0.15) is 18.4 Å². The van der Waals surface area contributed by atoms with E-state index in [9.17, 15) is 13.2 Å². The number of benzene rings is 1. The lowest BCUT2D eigenvalue weighted by molar-refractivity contribution is -0.137. The van der Waals surface area contributed by atoms with Crippen LogP contribution in [0, 0.1) is 0 Å². The van der Waals surface area contributed by atoms with Crippen molar-refractivity contribution in [1.82, 2.24) is 0 Å². The highest BCUT2D eigenvalue weighted by Gasteiger charge is 2.17. The molecule has 0 unspecified atom stereocenters. The Bertz CT molecular complexity index is 582. The highest BCUT2D eigenvalue weighted by molar-refractivity contribution is 7.99. The molecule has 0 amide bonds. The van der Waals surface area contributed by atoms with E-state index in [1.165, 1.54) is 11.8 Å². The molecular weight excluding hydrogens is 308 g/mol. The number of aliphatic carboxylic acids is 1. The molecule has 0 bridgehead atoms. The molecule has 1 rings (SSSR count). The van der Waals surface area contributed by atoms with Crippen molar-refractivity contribution in [3.05, 3.63) is 22.7 Å². The van der Waals surface area contributed by atoms with Crippen molar-refractivity contribution in [2.24, 2.45) is 0 Å². The molecule has 0 spiro atoms. The van der Waals surface area contributed by atoms with Gasteiger partial charge in [0.15, 0.2) is 9.84 Å². The molecule has 1 aromatic rings. The first-order valence-corrected chi connectivity index (χ1v) is 9.03. The van der Waals surface area contributed by atoms with Crippen LogP contribution < -0.4 is 0 Å². The maximum absolute atomic E-state index is 11.7. The smallest absolute Gasteiger partial charge is 0.303 e. The highest BCUT2D eigenvalue weighted by Crippen LogP contribution is 2.33. The summed E-state index contributed by atoms with van der Waals surface area (Å²) in [5.41, 5.74) is 0.740. The number of thioether (sulfide) groups is 1. The lowest BCUT2D eigenvalue weighted by Gasteiger charge is -2.10. The molecule has 4 nitrogen and oxygen atoms in total. The van der Waals surface area contributed by atoms with Crippen molar-refractivity contribution in [3.8, 4) is 0 Å². The van der Waals surface area contributed by atoms with Crippen molar-refractivity contribution in [1.29, 1.82) is 0 Å². The lowest BCUT2D eigenvalue weighted by atomic mass is 10.1. The maximum atomic E-state index is 11.7. The van der Waals surface area contributed by atoms with Crippen LogP contribution in [0.15, 0.2) is 21.9 Å². The Labute approximate surface area is 122 Å². The first kappa shape index (κ1) is 16.3. The molecule has 7 heteroatoms. The molecule has 0 aliphatic heterocycles. The van der Waals surface area contributed by atoms with Crippen LogP contribution in [-0.4, -0.2) is 32.0 Å². The topological polar surface area (TPSA) is 71.4 Å². The molecule has 19 heavy (non-hydrogen) atoms. The Morgan fingerprint density at radius 2 is 2.05 bits per heavy atom. The predicted octanol–water partition coefficient (Wildman–Crippen LogP) is 2.87. The molecule has 0 radical (unpaired) electrons. The quantitative estimate of drug-likeness (QED) is 0.815. The van der Waals surface area contributed by atoms with Gasteiger partial charge in [-0.2, -0.15) is 0 Å². The van der Waals surface area contributed by atoms with E-state index in [0.717, 1.165) is 11.8 Å². The fraction of sp³-hybridized carbons (Fsp3) is 0.417. The van der Waals surface area contributed by atoms with E-state index >= 15 is 0 Å².